The van der Waals surface area contributed by atoms with Crippen LogP contribution in [0.4, 0.5) is 17.1 Å². The highest BCUT2D eigenvalue weighted by molar-refractivity contribution is 9.11. The topological polar surface area (TPSA) is 56.5 Å². The second kappa shape index (κ2) is 6.37. The number of halogens is 2. The van der Waals surface area contributed by atoms with E-state index in [4.69, 9.17) is 15.2 Å². The SMILES string of the molecule is COc1ccc(N)c(Nc2cc(OC)c(Br)cc2Br)c1. The van der Waals surface area contributed by atoms with Crippen molar-refractivity contribution in [1.29, 1.82) is 0 Å². The van der Waals surface area contributed by atoms with Gasteiger partial charge in [-0.15, -0.1) is 0 Å². The molecule has 0 atom stereocenters. The first-order valence-corrected chi connectivity index (χ1v) is 7.37. The molecule has 0 unspecified atom stereocenters. The van der Waals surface area contributed by atoms with E-state index in [2.05, 4.69) is 37.2 Å². The smallest absolute Gasteiger partial charge is 0.135 e. The molecule has 0 aliphatic carbocycles. The van der Waals surface area contributed by atoms with Gasteiger partial charge >= 0.3 is 0 Å². The molecule has 0 spiro atoms. The van der Waals surface area contributed by atoms with E-state index >= 15 is 0 Å². The molecule has 2 rings (SSSR count). The van der Waals surface area contributed by atoms with Gasteiger partial charge < -0.3 is 20.5 Å². The number of benzene rings is 2. The maximum atomic E-state index is 5.97. The molecule has 0 aliphatic rings. The molecule has 3 N–H and O–H groups in total. The molecule has 0 fully saturated rings. The van der Waals surface area contributed by atoms with Crippen LogP contribution in [0.1, 0.15) is 0 Å². The van der Waals surface area contributed by atoms with Gasteiger partial charge in [-0.05, 0) is 50.1 Å². The molecule has 0 radical (unpaired) electrons. The normalized spacial score (nSPS) is 10.2. The fourth-order valence-electron chi connectivity index (χ4n) is 1.70. The number of methoxy groups -OCH3 is 2. The Labute approximate surface area is 134 Å². The molecule has 2 aromatic carbocycles. The van der Waals surface area contributed by atoms with E-state index in [9.17, 15) is 0 Å². The van der Waals surface area contributed by atoms with Crippen LogP contribution >= 0.6 is 31.9 Å². The Morgan fingerprint density at radius 2 is 1.70 bits per heavy atom. The molecule has 0 bridgehead atoms. The van der Waals surface area contributed by atoms with E-state index in [1.165, 1.54) is 0 Å². The van der Waals surface area contributed by atoms with Crippen molar-refractivity contribution in [2.45, 2.75) is 0 Å². The number of hydrogen-bond acceptors (Lipinski definition) is 4. The molecular formula is C14H14Br2N2O2. The van der Waals surface area contributed by atoms with Crippen LogP contribution in [0.3, 0.4) is 0 Å². The van der Waals surface area contributed by atoms with E-state index in [0.29, 0.717) is 5.69 Å². The van der Waals surface area contributed by atoms with Crippen LogP contribution in [0.5, 0.6) is 11.5 Å². The molecule has 2 aromatic rings. The molecule has 0 aliphatic heterocycles. The Balaban J connectivity index is 2.39. The van der Waals surface area contributed by atoms with Gasteiger partial charge in [0.25, 0.3) is 0 Å². The van der Waals surface area contributed by atoms with Gasteiger partial charge in [-0.25, -0.2) is 0 Å². The average molecular weight is 402 g/mol. The number of rotatable bonds is 4. The van der Waals surface area contributed by atoms with Crippen LogP contribution in [-0.2, 0) is 0 Å². The summed E-state index contributed by atoms with van der Waals surface area (Å²) in [5.74, 6) is 1.47. The third-order valence-electron chi connectivity index (χ3n) is 2.77. The van der Waals surface area contributed by atoms with Crippen molar-refractivity contribution in [1.82, 2.24) is 0 Å². The molecular weight excluding hydrogens is 388 g/mol. The highest BCUT2D eigenvalue weighted by Gasteiger charge is 2.09. The van der Waals surface area contributed by atoms with Crippen molar-refractivity contribution in [3.8, 4) is 11.5 Å². The van der Waals surface area contributed by atoms with Crippen molar-refractivity contribution in [2.75, 3.05) is 25.3 Å². The van der Waals surface area contributed by atoms with Gasteiger partial charge in [0.1, 0.15) is 11.5 Å². The zero-order valence-corrected chi connectivity index (χ0v) is 14.2. The van der Waals surface area contributed by atoms with Gasteiger partial charge in [-0.1, -0.05) is 0 Å². The molecule has 0 saturated carbocycles. The van der Waals surface area contributed by atoms with Gasteiger partial charge in [0, 0.05) is 16.6 Å². The fourth-order valence-corrected chi connectivity index (χ4v) is 2.95. The maximum absolute atomic E-state index is 5.97. The quantitative estimate of drug-likeness (QED) is 0.737. The summed E-state index contributed by atoms with van der Waals surface area (Å²) < 4.78 is 12.3. The first-order chi connectivity index (χ1) is 9.55. The minimum Gasteiger partial charge on any atom is -0.497 e. The summed E-state index contributed by atoms with van der Waals surface area (Å²) >= 11 is 6.94. The van der Waals surface area contributed by atoms with Crippen LogP contribution in [0.15, 0.2) is 39.3 Å². The molecule has 0 amide bonds. The molecule has 20 heavy (non-hydrogen) atoms. The van der Waals surface area contributed by atoms with Crippen molar-refractivity contribution in [3.05, 3.63) is 39.3 Å². The lowest BCUT2D eigenvalue weighted by molar-refractivity contribution is 0.412. The lowest BCUT2D eigenvalue weighted by Gasteiger charge is -2.14. The monoisotopic (exact) mass is 400 g/mol. The molecule has 0 heterocycles. The summed E-state index contributed by atoms with van der Waals surface area (Å²) in [6.45, 7) is 0. The predicted octanol–water partition coefficient (Wildman–Crippen LogP) is 4.55. The largest absolute Gasteiger partial charge is 0.497 e. The van der Waals surface area contributed by atoms with Crippen molar-refractivity contribution in [2.24, 2.45) is 0 Å². The highest BCUT2D eigenvalue weighted by Crippen LogP contribution is 2.37. The van der Waals surface area contributed by atoms with E-state index in [-0.39, 0.29) is 0 Å². The first kappa shape index (κ1) is 15.0. The predicted molar refractivity (Wildman–Crippen MR) is 89.1 cm³/mol. The minimum absolute atomic E-state index is 0.639. The summed E-state index contributed by atoms with van der Waals surface area (Å²) in [5.41, 5.74) is 8.23. The number of nitrogen functional groups attached to an aromatic ring is 1. The fraction of sp³-hybridized carbons (Fsp3) is 0.143. The van der Waals surface area contributed by atoms with Gasteiger partial charge in [-0.2, -0.15) is 0 Å². The molecule has 106 valence electrons. The lowest BCUT2D eigenvalue weighted by Crippen LogP contribution is -1.98. The Bertz CT molecular complexity index is 633. The van der Waals surface area contributed by atoms with E-state index in [1.807, 2.05) is 24.3 Å². The third-order valence-corrected chi connectivity index (χ3v) is 4.05. The number of anilines is 3. The molecule has 0 saturated heterocycles. The van der Waals surface area contributed by atoms with Crippen LogP contribution < -0.4 is 20.5 Å². The van der Waals surface area contributed by atoms with Gasteiger partial charge in [0.05, 0.1) is 35.8 Å². The standard InChI is InChI=1S/C14H14Br2N2O2/c1-19-8-3-4-11(17)13(5-8)18-12-7-14(20-2)10(16)6-9(12)15/h3-7,18H,17H2,1-2H3. The lowest BCUT2D eigenvalue weighted by atomic mass is 10.2. The minimum atomic E-state index is 0.639. The molecule has 0 aromatic heterocycles. The van der Waals surface area contributed by atoms with Crippen molar-refractivity contribution in [3.63, 3.8) is 0 Å². The van der Waals surface area contributed by atoms with E-state index in [1.54, 1.807) is 20.3 Å². The summed E-state index contributed by atoms with van der Waals surface area (Å²) in [6.07, 6.45) is 0. The van der Waals surface area contributed by atoms with E-state index in [0.717, 1.165) is 31.8 Å². The van der Waals surface area contributed by atoms with Gasteiger partial charge in [-0.3, -0.25) is 0 Å². The number of nitrogens with two attached hydrogens (primary N) is 1. The van der Waals surface area contributed by atoms with Gasteiger partial charge in [0.15, 0.2) is 0 Å². The Hall–Kier alpha value is -1.40. The highest BCUT2D eigenvalue weighted by atomic mass is 79.9. The maximum Gasteiger partial charge on any atom is 0.135 e. The van der Waals surface area contributed by atoms with E-state index < -0.39 is 0 Å². The van der Waals surface area contributed by atoms with Gasteiger partial charge in [0.2, 0.25) is 0 Å². The number of ether oxygens (including phenoxy) is 2. The molecule has 6 heteroatoms. The zero-order chi connectivity index (χ0) is 14.7. The second-order valence-electron chi connectivity index (χ2n) is 4.04. The van der Waals surface area contributed by atoms with Crippen LogP contribution in [-0.4, -0.2) is 14.2 Å². The number of nitrogens with one attached hydrogen (secondary N) is 1. The van der Waals surface area contributed by atoms with Crippen LogP contribution in [0, 0.1) is 0 Å². The molecule has 4 nitrogen and oxygen atoms in total. The first-order valence-electron chi connectivity index (χ1n) is 5.78. The summed E-state index contributed by atoms with van der Waals surface area (Å²) in [5, 5.41) is 3.26. The summed E-state index contributed by atoms with van der Waals surface area (Å²) in [6, 6.07) is 9.25. The summed E-state index contributed by atoms with van der Waals surface area (Å²) in [7, 11) is 3.24. The Morgan fingerprint density at radius 1 is 0.950 bits per heavy atom. The summed E-state index contributed by atoms with van der Waals surface area (Å²) in [4.78, 5) is 0. The second-order valence-corrected chi connectivity index (χ2v) is 5.75. The van der Waals surface area contributed by atoms with Crippen LogP contribution in [0.2, 0.25) is 0 Å². The average Bonchev–Trinajstić information content (AvgIpc) is 2.44. The van der Waals surface area contributed by atoms with Crippen LogP contribution in [0.25, 0.3) is 0 Å². The van der Waals surface area contributed by atoms with Crippen molar-refractivity contribution >= 4 is 48.9 Å². The zero-order valence-electron chi connectivity index (χ0n) is 11.0. The third kappa shape index (κ3) is 3.19. The number of hydrogen-bond donors (Lipinski definition) is 2. The Kier molecular flexibility index (Phi) is 4.77. The van der Waals surface area contributed by atoms with Crippen molar-refractivity contribution < 1.29 is 9.47 Å². The Morgan fingerprint density at radius 3 is 2.35 bits per heavy atom.